The van der Waals surface area contributed by atoms with E-state index in [9.17, 15) is 9.59 Å². The Bertz CT molecular complexity index is 1170. The van der Waals surface area contributed by atoms with Crippen molar-refractivity contribution in [2.75, 3.05) is 6.54 Å². The van der Waals surface area contributed by atoms with Crippen molar-refractivity contribution in [1.29, 1.82) is 0 Å². The summed E-state index contributed by atoms with van der Waals surface area (Å²) in [6.45, 7) is 2.52. The normalized spacial score (nSPS) is 14.8. The maximum atomic E-state index is 12.8. The number of esters is 1. The third-order valence-corrected chi connectivity index (χ3v) is 6.39. The Kier molecular flexibility index (Phi) is 6.83. The van der Waals surface area contributed by atoms with Gasteiger partial charge in [0.2, 0.25) is 0 Å². The Morgan fingerprint density at radius 1 is 1.00 bits per heavy atom. The molecule has 0 bridgehead atoms. The lowest BCUT2D eigenvalue weighted by Crippen LogP contribution is -2.30. The van der Waals surface area contributed by atoms with Crippen LogP contribution in [-0.2, 0) is 11.2 Å². The van der Waals surface area contributed by atoms with E-state index in [1.54, 1.807) is 29.2 Å². The third-order valence-electron chi connectivity index (χ3n) is 5.02. The van der Waals surface area contributed by atoms with Gasteiger partial charge in [0.1, 0.15) is 10.1 Å². The number of benzene rings is 3. The second kappa shape index (κ2) is 9.94. The molecular weight excluding hydrogens is 438 g/mol. The van der Waals surface area contributed by atoms with Crippen LogP contribution in [0.4, 0.5) is 0 Å². The smallest absolute Gasteiger partial charge is 0.343 e. The molecule has 0 saturated carbocycles. The number of ether oxygens (including phenoxy) is 1. The lowest BCUT2D eigenvalue weighted by molar-refractivity contribution is -0.122. The number of carbonyl (C=O) groups excluding carboxylic acids is 2. The number of carbonyl (C=O) groups is 2. The molecule has 1 amide bonds. The molecule has 3 aromatic rings. The molecule has 1 fully saturated rings. The van der Waals surface area contributed by atoms with Crippen LogP contribution < -0.4 is 4.74 Å². The Morgan fingerprint density at radius 3 is 2.38 bits per heavy atom. The molecule has 4 rings (SSSR count). The Morgan fingerprint density at radius 2 is 1.69 bits per heavy atom. The molecule has 0 N–H and O–H groups in total. The van der Waals surface area contributed by atoms with E-state index in [2.05, 4.69) is 0 Å². The van der Waals surface area contributed by atoms with Crippen LogP contribution in [0.1, 0.15) is 27.0 Å². The monoisotopic (exact) mass is 459 g/mol. The predicted octanol–water partition coefficient (Wildman–Crippen LogP) is 5.66. The van der Waals surface area contributed by atoms with Crippen molar-refractivity contribution < 1.29 is 14.3 Å². The first-order valence-electron chi connectivity index (χ1n) is 10.2. The van der Waals surface area contributed by atoms with Crippen molar-refractivity contribution in [3.63, 3.8) is 0 Å². The fourth-order valence-electron chi connectivity index (χ4n) is 3.22. The SMILES string of the molecule is Cc1ccc(C(=O)Oc2ccc(/C=C3\SC(=S)N(CCc4ccccc4)C3=O)cc2)cc1. The molecule has 1 aliphatic heterocycles. The van der Waals surface area contributed by atoms with E-state index in [1.807, 2.05) is 67.6 Å². The Hall–Kier alpha value is -3.22. The van der Waals surface area contributed by atoms with Crippen molar-refractivity contribution >= 4 is 46.3 Å². The van der Waals surface area contributed by atoms with Gasteiger partial charge in [-0.2, -0.15) is 0 Å². The zero-order valence-corrected chi connectivity index (χ0v) is 19.1. The predicted molar refractivity (Wildman–Crippen MR) is 133 cm³/mol. The van der Waals surface area contributed by atoms with Gasteiger partial charge < -0.3 is 4.74 Å². The molecule has 1 aliphatic rings. The third kappa shape index (κ3) is 5.33. The topological polar surface area (TPSA) is 46.6 Å². The first-order chi connectivity index (χ1) is 15.5. The van der Waals surface area contributed by atoms with E-state index in [0.29, 0.717) is 27.1 Å². The molecule has 6 heteroatoms. The highest BCUT2D eigenvalue weighted by Crippen LogP contribution is 2.33. The molecule has 0 spiro atoms. The second-order valence-corrected chi connectivity index (χ2v) is 9.07. The molecule has 3 aromatic carbocycles. The van der Waals surface area contributed by atoms with Crippen LogP contribution in [0.5, 0.6) is 5.75 Å². The molecule has 4 nitrogen and oxygen atoms in total. The second-order valence-electron chi connectivity index (χ2n) is 7.39. The lowest BCUT2D eigenvalue weighted by atomic mass is 10.1. The van der Waals surface area contributed by atoms with Crippen LogP contribution in [0.15, 0.2) is 83.8 Å². The van der Waals surface area contributed by atoms with Crippen LogP contribution in [0.2, 0.25) is 0 Å². The number of thioether (sulfide) groups is 1. The average molecular weight is 460 g/mol. The highest BCUT2D eigenvalue weighted by Gasteiger charge is 2.31. The first-order valence-corrected chi connectivity index (χ1v) is 11.4. The number of aryl methyl sites for hydroxylation is 1. The summed E-state index contributed by atoms with van der Waals surface area (Å²) in [5.41, 5.74) is 3.58. The molecule has 1 saturated heterocycles. The number of amides is 1. The standard InChI is InChI=1S/C26H21NO3S2/c1-18-7-11-21(12-8-18)25(29)30-22-13-9-20(10-14-22)17-23-24(28)27(26(31)32-23)16-15-19-5-3-2-4-6-19/h2-14,17H,15-16H2,1H3/b23-17-. The van der Waals surface area contributed by atoms with E-state index in [4.69, 9.17) is 17.0 Å². The minimum absolute atomic E-state index is 0.0780. The van der Waals surface area contributed by atoms with Crippen molar-refractivity contribution in [2.24, 2.45) is 0 Å². The van der Waals surface area contributed by atoms with Crippen LogP contribution in [-0.4, -0.2) is 27.6 Å². The number of thiocarbonyl (C=S) groups is 1. The summed E-state index contributed by atoms with van der Waals surface area (Å²) < 4.78 is 6.00. The van der Waals surface area contributed by atoms with Gasteiger partial charge in [-0.15, -0.1) is 0 Å². The lowest BCUT2D eigenvalue weighted by Gasteiger charge is -2.14. The molecular formula is C26H21NO3S2. The zero-order chi connectivity index (χ0) is 22.5. The molecule has 32 heavy (non-hydrogen) atoms. The number of hydrogen-bond acceptors (Lipinski definition) is 5. The maximum Gasteiger partial charge on any atom is 0.343 e. The van der Waals surface area contributed by atoms with E-state index >= 15 is 0 Å². The average Bonchev–Trinajstić information content (AvgIpc) is 3.07. The van der Waals surface area contributed by atoms with E-state index in [0.717, 1.165) is 17.5 Å². The fraction of sp³-hybridized carbons (Fsp3) is 0.115. The summed E-state index contributed by atoms with van der Waals surface area (Å²) in [6.07, 6.45) is 2.56. The van der Waals surface area contributed by atoms with Crippen molar-refractivity contribution in [3.8, 4) is 5.75 Å². The summed E-state index contributed by atoms with van der Waals surface area (Å²) in [5, 5.41) is 0. The fourth-order valence-corrected chi connectivity index (χ4v) is 4.53. The van der Waals surface area contributed by atoms with Gasteiger partial charge in [0.05, 0.1) is 10.5 Å². The van der Waals surface area contributed by atoms with Crippen molar-refractivity contribution in [1.82, 2.24) is 4.90 Å². The first kappa shape index (κ1) is 22.0. The van der Waals surface area contributed by atoms with Crippen molar-refractivity contribution in [2.45, 2.75) is 13.3 Å². The van der Waals surface area contributed by atoms with Crippen LogP contribution >= 0.6 is 24.0 Å². The minimum atomic E-state index is -0.406. The Labute approximate surface area is 196 Å². The van der Waals surface area contributed by atoms with E-state index in [1.165, 1.54) is 17.3 Å². The van der Waals surface area contributed by atoms with Gasteiger partial charge in [-0.25, -0.2) is 4.79 Å². The molecule has 0 radical (unpaired) electrons. The van der Waals surface area contributed by atoms with Gasteiger partial charge in [-0.3, -0.25) is 9.69 Å². The summed E-state index contributed by atoms with van der Waals surface area (Å²) in [7, 11) is 0. The highest BCUT2D eigenvalue weighted by molar-refractivity contribution is 8.26. The summed E-state index contributed by atoms with van der Waals surface area (Å²) >= 11 is 6.73. The van der Waals surface area contributed by atoms with Gasteiger partial charge in [0, 0.05) is 6.54 Å². The highest BCUT2D eigenvalue weighted by atomic mass is 32.2. The maximum absolute atomic E-state index is 12.8. The molecule has 0 atom stereocenters. The van der Waals surface area contributed by atoms with Gasteiger partial charge in [-0.1, -0.05) is 84.1 Å². The van der Waals surface area contributed by atoms with Gasteiger partial charge in [-0.05, 0) is 54.8 Å². The molecule has 0 aromatic heterocycles. The molecule has 160 valence electrons. The van der Waals surface area contributed by atoms with Crippen LogP contribution in [0.25, 0.3) is 6.08 Å². The summed E-state index contributed by atoms with van der Waals surface area (Å²) in [6, 6.07) is 24.3. The number of rotatable bonds is 6. The van der Waals surface area contributed by atoms with Gasteiger partial charge in [0.15, 0.2) is 0 Å². The molecule has 1 heterocycles. The zero-order valence-electron chi connectivity index (χ0n) is 17.5. The quantitative estimate of drug-likeness (QED) is 0.206. The Balaban J connectivity index is 1.39. The molecule has 0 unspecified atom stereocenters. The van der Waals surface area contributed by atoms with Crippen molar-refractivity contribution in [3.05, 3.63) is 106 Å². The summed E-state index contributed by atoms with van der Waals surface area (Å²) in [5.74, 6) is -0.0361. The number of nitrogens with zero attached hydrogens (tertiary/aromatic N) is 1. The van der Waals surface area contributed by atoms with E-state index in [-0.39, 0.29) is 5.91 Å². The summed E-state index contributed by atoms with van der Waals surface area (Å²) in [4.78, 5) is 27.3. The van der Waals surface area contributed by atoms with Gasteiger partial charge in [0.25, 0.3) is 5.91 Å². The minimum Gasteiger partial charge on any atom is -0.423 e. The van der Waals surface area contributed by atoms with E-state index < -0.39 is 5.97 Å². The largest absolute Gasteiger partial charge is 0.423 e. The van der Waals surface area contributed by atoms with Crippen LogP contribution in [0, 0.1) is 6.92 Å². The number of hydrogen-bond donors (Lipinski definition) is 0. The van der Waals surface area contributed by atoms with Crippen LogP contribution in [0.3, 0.4) is 0 Å². The molecule has 0 aliphatic carbocycles. The van der Waals surface area contributed by atoms with Gasteiger partial charge >= 0.3 is 5.97 Å².